The van der Waals surface area contributed by atoms with Crippen LogP contribution in [0.3, 0.4) is 0 Å². The van der Waals surface area contributed by atoms with Gasteiger partial charge in [0.05, 0.1) is 10.3 Å². The molecule has 0 atom stereocenters. The van der Waals surface area contributed by atoms with Crippen molar-refractivity contribution in [2.75, 3.05) is 6.54 Å². The summed E-state index contributed by atoms with van der Waals surface area (Å²) < 4.78 is 0. The van der Waals surface area contributed by atoms with Gasteiger partial charge in [-0.05, 0) is 50.2 Å². The molecular weight excluding hydrogens is 322 g/mol. The predicted molar refractivity (Wildman–Crippen MR) is 95.7 cm³/mol. The molecule has 0 aliphatic heterocycles. The summed E-state index contributed by atoms with van der Waals surface area (Å²) in [7, 11) is 0. The van der Waals surface area contributed by atoms with Gasteiger partial charge in [0.15, 0.2) is 0 Å². The van der Waals surface area contributed by atoms with E-state index in [-0.39, 0.29) is 12.5 Å². The lowest BCUT2D eigenvalue weighted by molar-refractivity contribution is -0.150. The molecule has 1 heterocycles. The van der Waals surface area contributed by atoms with Crippen molar-refractivity contribution >= 4 is 23.2 Å². The van der Waals surface area contributed by atoms with Gasteiger partial charge in [-0.3, -0.25) is 9.59 Å². The van der Waals surface area contributed by atoms with Gasteiger partial charge in [-0.1, -0.05) is 32.1 Å². The predicted octanol–water partition coefficient (Wildman–Crippen LogP) is 4.17. The molecule has 0 spiro atoms. The highest BCUT2D eigenvalue weighted by Crippen LogP contribution is 2.36. The van der Waals surface area contributed by atoms with Crippen LogP contribution in [0, 0.1) is 5.41 Å². The molecule has 1 amide bonds. The Morgan fingerprint density at radius 2 is 1.71 bits per heavy atom. The minimum absolute atomic E-state index is 0.0991. The van der Waals surface area contributed by atoms with E-state index in [4.69, 9.17) is 0 Å². The number of carbonyl (C=O) groups excluding carboxylic acids is 1. The number of rotatable bonds is 4. The van der Waals surface area contributed by atoms with E-state index in [9.17, 15) is 14.7 Å². The molecule has 1 aromatic rings. The number of aliphatic carboxylic acids is 1. The minimum atomic E-state index is -0.764. The Kier molecular flexibility index (Phi) is 5.59. The second kappa shape index (κ2) is 7.68. The Morgan fingerprint density at radius 1 is 1.04 bits per heavy atom. The molecule has 3 rings (SSSR count). The molecule has 24 heavy (non-hydrogen) atoms. The Morgan fingerprint density at radius 3 is 2.42 bits per heavy atom. The maximum Gasteiger partial charge on any atom is 0.311 e. The number of hydrogen-bond acceptors (Lipinski definition) is 3. The van der Waals surface area contributed by atoms with Crippen molar-refractivity contribution in [1.82, 2.24) is 5.32 Å². The smallest absolute Gasteiger partial charge is 0.311 e. The van der Waals surface area contributed by atoms with Crippen LogP contribution < -0.4 is 5.32 Å². The molecule has 4 nitrogen and oxygen atoms in total. The lowest BCUT2D eigenvalue weighted by Crippen LogP contribution is -2.44. The fourth-order valence-electron chi connectivity index (χ4n) is 3.99. The molecule has 1 fully saturated rings. The fourth-order valence-corrected chi connectivity index (χ4v) is 5.16. The van der Waals surface area contributed by atoms with Gasteiger partial charge in [0.1, 0.15) is 0 Å². The summed E-state index contributed by atoms with van der Waals surface area (Å²) in [6.07, 6.45) is 11.4. The number of amides is 1. The molecule has 132 valence electrons. The number of thiophene rings is 1. The summed E-state index contributed by atoms with van der Waals surface area (Å²) in [4.78, 5) is 26.4. The first-order valence-electron chi connectivity index (χ1n) is 9.24. The fraction of sp³-hybridized carbons (Fsp3) is 0.684. The summed E-state index contributed by atoms with van der Waals surface area (Å²) in [6.45, 7) is 0.254. The van der Waals surface area contributed by atoms with Crippen molar-refractivity contribution in [1.29, 1.82) is 0 Å². The van der Waals surface area contributed by atoms with E-state index in [1.54, 1.807) is 11.3 Å². The van der Waals surface area contributed by atoms with Gasteiger partial charge in [-0.15, -0.1) is 11.3 Å². The Labute approximate surface area is 147 Å². The summed E-state index contributed by atoms with van der Waals surface area (Å²) in [6, 6.07) is 2.04. The highest BCUT2D eigenvalue weighted by Gasteiger charge is 2.39. The highest BCUT2D eigenvalue weighted by molar-refractivity contribution is 7.14. The van der Waals surface area contributed by atoms with Crippen molar-refractivity contribution in [2.45, 2.75) is 70.6 Å². The zero-order chi connectivity index (χ0) is 17.0. The number of carbonyl (C=O) groups is 2. The standard InChI is InChI=1S/C19H27NO3S/c21-17(20-13-19(18(22)23)10-6-3-7-11-19)16-12-14-8-4-1-2-5-9-15(14)24-16/h12H,1-11,13H2,(H,20,21)(H,22,23). The highest BCUT2D eigenvalue weighted by atomic mass is 32.1. The van der Waals surface area contributed by atoms with Crippen LogP contribution in [0.5, 0.6) is 0 Å². The van der Waals surface area contributed by atoms with E-state index >= 15 is 0 Å². The van der Waals surface area contributed by atoms with Crippen LogP contribution in [0.1, 0.15) is 77.9 Å². The number of nitrogens with one attached hydrogen (secondary N) is 1. The zero-order valence-corrected chi connectivity index (χ0v) is 15.1. The van der Waals surface area contributed by atoms with Crippen LogP contribution in [0.2, 0.25) is 0 Å². The van der Waals surface area contributed by atoms with Gasteiger partial charge in [-0.2, -0.15) is 0 Å². The number of hydrogen-bond donors (Lipinski definition) is 2. The lowest BCUT2D eigenvalue weighted by Gasteiger charge is -2.33. The van der Waals surface area contributed by atoms with Crippen LogP contribution in [0.15, 0.2) is 6.07 Å². The van der Waals surface area contributed by atoms with Gasteiger partial charge in [-0.25, -0.2) is 0 Å². The van der Waals surface area contributed by atoms with Crippen LogP contribution >= 0.6 is 11.3 Å². The molecule has 2 N–H and O–H groups in total. The molecule has 1 aromatic heterocycles. The van der Waals surface area contributed by atoms with Crippen molar-refractivity contribution < 1.29 is 14.7 Å². The van der Waals surface area contributed by atoms with Crippen molar-refractivity contribution in [3.8, 4) is 0 Å². The zero-order valence-electron chi connectivity index (χ0n) is 14.2. The normalized spacial score (nSPS) is 20.5. The third kappa shape index (κ3) is 3.82. The summed E-state index contributed by atoms with van der Waals surface area (Å²) in [5.41, 5.74) is 0.565. The van der Waals surface area contributed by atoms with E-state index < -0.39 is 11.4 Å². The Hall–Kier alpha value is -1.36. The number of aryl methyl sites for hydroxylation is 2. The molecule has 2 aliphatic carbocycles. The summed E-state index contributed by atoms with van der Waals surface area (Å²) in [5, 5.41) is 12.5. The van der Waals surface area contributed by atoms with Crippen molar-refractivity contribution in [3.63, 3.8) is 0 Å². The first kappa shape index (κ1) is 17.5. The first-order valence-corrected chi connectivity index (χ1v) is 10.1. The lowest BCUT2D eigenvalue weighted by atomic mass is 9.74. The molecular formula is C19H27NO3S. The van der Waals surface area contributed by atoms with E-state index in [0.29, 0.717) is 12.8 Å². The number of carboxylic acids is 1. The number of carboxylic acid groups (broad SMARTS) is 1. The van der Waals surface area contributed by atoms with Gasteiger partial charge in [0.2, 0.25) is 0 Å². The molecule has 0 saturated heterocycles. The van der Waals surface area contributed by atoms with Crippen LogP contribution in [0.4, 0.5) is 0 Å². The van der Waals surface area contributed by atoms with Gasteiger partial charge in [0, 0.05) is 11.4 Å². The van der Waals surface area contributed by atoms with Gasteiger partial charge >= 0.3 is 5.97 Å². The summed E-state index contributed by atoms with van der Waals surface area (Å²) in [5.74, 6) is -0.862. The van der Waals surface area contributed by atoms with E-state index in [0.717, 1.165) is 37.0 Å². The largest absolute Gasteiger partial charge is 0.481 e. The second-order valence-electron chi connectivity index (χ2n) is 7.30. The third-order valence-corrected chi connectivity index (χ3v) is 6.81. The van der Waals surface area contributed by atoms with Gasteiger partial charge in [0.25, 0.3) is 5.91 Å². The SMILES string of the molecule is O=C(NCC1(C(=O)O)CCCCC1)c1cc2c(s1)CCCCCC2. The average molecular weight is 349 g/mol. The quantitative estimate of drug-likeness (QED) is 0.857. The molecule has 5 heteroatoms. The average Bonchev–Trinajstić information content (AvgIpc) is 2.95. The molecule has 0 radical (unpaired) electrons. The monoisotopic (exact) mass is 349 g/mol. The summed E-state index contributed by atoms with van der Waals surface area (Å²) >= 11 is 1.60. The van der Waals surface area contributed by atoms with Gasteiger partial charge < -0.3 is 10.4 Å². The second-order valence-corrected chi connectivity index (χ2v) is 8.44. The van der Waals surface area contributed by atoms with E-state index in [2.05, 4.69) is 5.32 Å². The first-order chi connectivity index (χ1) is 11.6. The van der Waals surface area contributed by atoms with Crippen LogP contribution in [0.25, 0.3) is 0 Å². The van der Waals surface area contributed by atoms with E-state index in [1.165, 1.54) is 36.1 Å². The third-order valence-electron chi connectivity index (χ3n) is 5.57. The molecule has 1 saturated carbocycles. The topological polar surface area (TPSA) is 66.4 Å². The van der Waals surface area contributed by atoms with Crippen LogP contribution in [-0.4, -0.2) is 23.5 Å². The molecule has 0 unspecified atom stereocenters. The maximum atomic E-state index is 12.5. The van der Waals surface area contributed by atoms with Crippen LogP contribution in [-0.2, 0) is 17.6 Å². The molecule has 0 bridgehead atoms. The minimum Gasteiger partial charge on any atom is -0.481 e. The molecule has 0 aromatic carbocycles. The maximum absolute atomic E-state index is 12.5. The van der Waals surface area contributed by atoms with Crippen molar-refractivity contribution in [2.24, 2.45) is 5.41 Å². The Balaban J connectivity index is 1.66. The number of fused-ring (bicyclic) bond motifs is 1. The van der Waals surface area contributed by atoms with Crippen molar-refractivity contribution in [3.05, 3.63) is 21.4 Å². The Bertz CT molecular complexity index is 576. The van der Waals surface area contributed by atoms with E-state index in [1.807, 2.05) is 6.07 Å². The molecule has 2 aliphatic rings.